The molecule has 52 valence electrons. The maximum absolute atomic E-state index is 4.29. The first-order valence-electron chi connectivity index (χ1n) is 3.34. The van der Waals surface area contributed by atoms with Crippen molar-refractivity contribution >= 4 is 11.5 Å². The number of aromatic nitrogens is 2. The smallest absolute Gasteiger partial charge is 0.150 e. The molecule has 0 aliphatic carbocycles. The molecule has 0 saturated carbocycles. The molecule has 1 aromatic rings. The molecule has 0 amide bonds. The summed E-state index contributed by atoms with van der Waals surface area (Å²) in [7, 11) is 0. The van der Waals surface area contributed by atoms with E-state index in [9.17, 15) is 0 Å². The van der Waals surface area contributed by atoms with Crippen molar-refractivity contribution in [1.29, 1.82) is 0 Å². The highest BCUT2D eigenvalue weighted by atomic mass is 15.3. The van der Waals surface area contributed by atoms with Crippen molar-refractivity contribution < 1.29 is 0 Å². The Kier molecular flexibility index (Phi) is 0.952. The molecule has 0 aromatic carbocycles. The highest BCUT2D eigenvalue weighted by Gasteiger charge is 2.11. The van der Waals surface area contributed by atoms with E-state index >= 15 is 0 Å². The van der Waals surface area contributed by atoms with Crippen molar-refractivity contribution in [1.82, 2.24) is 9.78 Å². The lowest BCUT2D eigenvalue weighted by Crippen LogP contribution is -2.00. The first-order valence-corrected chi connectivity index (χ1v) is 3.34. The second-order valence-corrected chi connectivity index (χ2v) is 2.65. The molecule has 0 bridgehead atoms. The van der Waals surface area contributed by atoms with Crippen molar-refractivity contribution in [2.24, 2.45) is 4.99 Å². The van der Waals surface area contributed by atoms with E-state index < -0.39 is 0 Å². The van der Waals surface area contributed by atoms with Crippen LogP contribution in [0.4, 0.5) is 5.82 Å². The predicted octanol–water partition coefficient (Wildman–Crippen LogP) is 1.30. The molecule has 0 fully saturated rings. The summed E-state index contributed by atoms with van der Waals surface area (Å²) in [5.41, 5.74) is 2.19. The number of hydrogen-bond donors (Lipinski definition) is 0. The number of rotatable bonds is 0. The Balaban J connectivity index is 2.53. The number of nitrogens with zero attached hydrogens (tertiary/aromatic N) is 3. The molecule has 2 heterocycles. The van der Waals surface area contributed by atoms with Crippen LogP contribution in [0, 0.1) is 6.92 Å². The summed E-state index contributed by atoms with van der Waals surface area (Å²) in [6.07, 6.45) is 0. The van der Waals surface area contributed by atoms with Crippen LogP contribution in [0.5, 0.6) is 0 Å². The first kappa shape index (κ1) is 5.65. The molecule has 0 unspecified atom stereocenters. The zero-order chi connectivity index (χ0) is 7.14. The van der Waals surface area contributed by atoms with Crippen LogP contribution in [0.2, 0.25) is 0 Å². The number of fused-ring (bicyclic) bond motifs is 1. The van der Waals surface area contributed by atoms with Crippen LogP contribution in [0.15, 0.2) is 11.1 Å². The van der Waals surface area contributed by atoms with Gasteiger partial charge < -0.3 is 0 Å². The summed E-state index contributed by atoms with van der Waals surface area (Å²) in [6, 6.07) is 2.00. The molecule has 0 radical (unpaired) electrons. The highest BCUT2D eigenvalue weighted by molar-refractivity contribution is 5.86. The molecule has 0 saturated heterocycles. The van der Waals surface area contributed by atoms with Gasteiger partial charge in [0, 0.05) is 11.8 Å². The van der Waals surface area contributed by atoms with Gasteiger partial charge in [-0.3, -0.25) is 0 Å². The maximum atomic E-state index is 4.29. The minimum absolute atomic E-state index is 0.864. The standard InChI is InChI=1S/C7H9N3/c1-5-3-7-8-6(2)4-10(7)9-5/h3H,4H2,1-2H3. The second-order valence-electron chi connectivity index (χ2n) is 2.65. The second kappa shape index (κ2) is 1.68. The Labute approximate surface area is 59.4 Å². The third-order valence-corrected chi connectivity index (χ3v) is 1.56. The lowest BCUT2D eigenvalue weighted by Gasteiger charge is -1.89. The predicted molar refractivity (Wildman–Crippen MR) is 39.7 cm³/mol. The maximum Gasteiger partial charge on any atom is 0.150 e. The third-order valence-electron chi connectivity index (χ3n) is 1.56. The van der Waals surface area contributed by atoms with Gasteiger partial charge in [0.2, 0.25) is 0 Å². The molecule has 1 aliphatic rings. The fourth-order valence-electron chi connectivity index (χ4n) is 1.19. The van der Waals surface area contributed by atoms with E-state index in [-0.39, 0.29) is 0 Å². The Morgan fingerprint density at radius 1 is 1.50 bits per heavy atom. The minimum atomic E-state index is 0.864. The summed E-state index contributed by atoms with van der Waals surface area (Å²) in [6.45, 7) is 4.86. The molecular weight excluding hydrogens is 126 g/mol. The van der Waals surface area contributed by atoms with Crippen molar-refractivity contribution in [3.63, 3.8) is 0 Å². The van der Waals surface area contributed by atoms with Crippen LogP contribution in [0.1, 0.15) is 12.6 Å². The minimum Gasteiger partial charge on any atom is -0.242 e. The van der Waals surface area contributed by atoms with Gasteiger partial charge in [0.15, 0.2) is 5.82 Å². The van der Waals surface area contributed by atoms with E-state index in [0.717, 1.165) is 23.8 Å². The highest BCUT2D eigenvalue weighted by Crippen LogP contribution is 2.19. The van der Waals surface area contributed by atoms with Gasteiger partial charge in [0.25, 0.3) is 0 Å². The normalized spacial score (nSPS) is 15.2. The van der Waals surface area contributed by atoms with Crippen molar-refractivity contribution in [2.75, 3.05) is 0 Å². The van der Waals surface area contributed by atoms with Crippen LogP contribution in [0.3, 0.4) is 0 Å². The van der Waals surface area contributed by atoms with Crippen molar-refractivity contribution in [3.05, 3.63) is 11.8 Å². The average Bonchev–Trinajstić information content (AvgIpc) is 2.21. The Morgan fingerprint density at radius 2 is 2.30 bits per heavy atom. The van der Waals surface area contributed by atoms with Crippen LogP contribution in [-0.2, 0) is 6.54 Å². The Hall–Kier alpha value is -1.12. The molecule has 1 aromatic heterocycles. The Bertz CT molecular complexity index is 296. The topological polar surface area (TPSA) is 30.2 Å². The molecule has 10 heavy (non-hydrogen) atoms. The van der Waals surface area contributed by atoms with Gasteiger partial charge in [-0.2, -0.15) is 5.10 Å². The van der Waals surface area contributed by atoms with E-state index in [0.29, 0.717) is 0 Å². The van der Waals surface area contributed by atoms with Crippen molar-refractivity contribution in [2.45, 2.75) is 20.4 Å². The van der Waals surface area contributed by atoms with Crippen LogP contribution in [0.25, 0.3) is 0 Å². The monoisotopic (exact) mass is 135 g/mol. The largest absolute Gasteiger partial charge is 0.242 e. The van der Waals surface area contributed by atoms with E-state index in [1.54, 1.807) is 0 Å². The van der Waals surface area contributed by atoms with Gasteiger partial charge in [-0.1, -0.05) is 0 Å². The van der Waals surface area contributed by atoms with E-state index in [1.807, 2.05) is 24.6 Å². The molecule has 3 nitrogen and oxygen atoms in total. The van der Waals surface area contributed by atoms with Gasteiger partial charge in [-0.25, -0.2) is 9.67 Å². The molecule has 0 N–H and O–H groups in total. The SMILES string of the molecule is CC1=Nc2cc(C)nn2C1. The summed E-state index contributed by atoms with van der Waals surface area (Å²) in [5.74, 6) is 0.995. The number of hydrogen-bond acceptors (Lipinski definition) is 2. The molecule has 0 spiro atoms. The first-order chi connectivity index (χ1) is 4.75. The lowest BCUT2D eigenvalue weighted by atomic mass is 10.4. The molecule has 0 atom stereocenters. The Morgan fingerprint density at radius 3 is 3.00 bits per heavy atom. The number of aliphatic imine (C=N–C) groups is 1. The van der Waals surface area contributed by atoms with Gasteiger partial charge in [-0.15, -0.1) is 0 Å². The number of aryl methyl sites for hydroxylation is 1. The van der Waals surface area contributed by atoms with Crippen LogP contribution < -0.4 is 0 Å². The lowest BCUT2D eigenvalue weighted by molar-refractivity contribution is 0.740. The molecule has 1 aliphatic heterocycles. The van der Waals surface area contributed by atoms with Crippen LogP contribution >= 0.6 is 0 Å². The van der Waals surface area contributed by atoms with Gasteiger partial charge >= 0.3 is 0 Å². The average molecular weight is 135 g/mol. The summed E-state index contributed by atoms with van der Waals surface area (Å²) in [5, 5.41) is 4.24. The molecule has 3 heteroatoms. The van der Waals surface area contributed by atoms with E-state index in [2.05, 4.69) is 10.1 Å². The zero-order valence-corrected chi connectivity index (χ0v) is 6.13. The zero-order valence-electron chi connectivity index (χ0n) is 6.13. The quantitative estimate of drug-likeness (QED) is 0.527. The summed E-state index contributed by atoms with van der Waals surface area (Å²) >= 11 is 0. The fourth-order valence-corrected chi connectivity index (χ4v) is 1.19. The molecule has 2 rings (SSSR count). The fraction of sp³-hybridized carbons (Fsp3) is 0.429. The summed E-state index contributed by atoms with van der Waals surface area (Å²) < 4.78 is 1.92. The van der Waals surface area contributed by atoms with Gasteiger partial charge in [0.05, 0.1) is 12.2 Å². The molecular formula is C7H9N3. The van der Waals surface area contributed by atoms with Crippen molar-refractivity contribution in [3.8, 4) is 0 Å². The summed E-state index contributed by atoms with van der Waals surface area (Å²) in [4.78, 5) is 4.29. The van der Waals surface area contributed by atoms with Gasteiger partial charge in [-0.05, 0) is 13.8 Å². The van der Waals surface area contributed by atoms with Gasteiger partial charge in [0.1, 0.15) is 0 Å². The van der Waals surface area contributed by atoms with Crippen LogP contribution in [-0.4, -0.2) is 15.5 Å². The van der Waals surface area contributed by atoms with E-state index in [1.165, 1.54) is 0 Å². The van der Waals surface area contributed by atoms with E-state index in [4.69, 9.17) is 0 Å². The third kappa shape index (κ3) is 0.667.